The molecule has 3 aromatic carbocycles. The van der Waals surface area contributed by atoms with Crippen molar-refractivity contribution in [3.05, 3.63) is 103 Å². The van der Waals surface area contributed by atoms with Gasteiger partial charge in [0, 0.05) is 11.3 Å². The van der Waals surface area contributed by atoms with Gasteiger partial charge >= 0.3 is 6.61 Å². The predicted molar refractivity (Wildman–Crippen MR) is 149 cm³/mol. The first-order valence-corrected chi connectivity index (χ1v) is 13.6. The quantitative estimate of drug-likeness (QED) is 0.370. The topological polar surface area (TPSA) is 91.2 Å². The van der Waals surface area contributed by atoms with Gasteiger partial charge in [-0.05, 0) is 55.3 Å². The minimum absolute atomic E-state index is 0.101. The van der Waals surface area contributed by atoms with Crippen molar-refractivity contribution in [3.8, 4) is 17.2 Å². The van der Waals surface area contributed by atoms with Gasteiger partial charge < -0.3 is 19.5 Å². The Bertz CT molecular complexity index is 1850. The van der Waals surface area contributed by atoms with Crippen molar-refractivity contribution in [3.63, 3.8) is 0 Å². The van der Waals surface area contributed by atoms with Crippen molar-refractivity contribution >= 4 is 29.0 Å². The van der Waals surface area contributed by atoms with Crippen LogP contribution in [0.15, 0.2) is 76.5 Å². The lowest BCUT2D eigenvalue weighted by Gasteiger charge is -2.45. The lowest BCUT2D eigenvalue weighted by molar-refractivity contribution is -0.131. The highest BCUT2D eigenvalue weighted by Gasteiger charge is 2.55. The molecule has 1 aromatic heterocycles. The van der Waals surface area contributed by atoms with E-state index in [0.29, 0.717) is 31.9 Å². The highest BCUT2D eigenvalue weighted by atomic mass is 32.1. The van der Waals surface area contributed by atoms with Crippen molar-refractivity contribution in [1.29, 1.82) is 0 Å². The number of nitrogens with one attached hydrogen (secondary N) is 1. The Morgan fingerprint density at radius 2 is 1.90 bits per heavy atom. The number of fused-ring (bicyclic) bond motifs is 6. The number of aromatic nitrogens is 1. The molecule has 0 fully saturated rings. The predicted octanol–water partition coefficient (Wildman–Crippen LogP) is 4.24. The number of nitrogens with zero attached hydrogens (tertiary/aromatic N) is 2. The second-order valence-electron chi connectivity index (χ2n) is 9.89. The maximum Gasteiger partial charge on any atom is 0.387 e. The molecule has 210 valence electrons. The zero-order valence-electron chi connectivity index (χ0n) is 22.3. The average Bonchev–Trinajstić information content (AvgIpc) is 3.22. The summed E-state index contributed by atoms with van der Waals surface area (Å²) in [7, 11) is 1.34. The smallest absolute Gasteiger partial charge is 0.387 e. The van der Waals surface area contributed by atoms with Gasteiger partial charge in [-0.1, -0.05) is 53.8 Å². The second-order valence-corrected chi connectivity index (χ2v) is 10.9. The fraction of sp³-hybridized carbons (Fsp3) is 0.233. The first-order chi connectivity index (χ1) is 19.7. The van der Waals surface area contributed by atoms with Gasteiger partial charge in [-0.15, -0.1) is 0 Å². The molecule has 1 amide bonds. The number of para-hydroxylation sites is 2. The molecule has 6 rings (SSSR count). The largest absolute Gasteiger partial charge is 0.493 e. The number of benzene rings is 3. The maximum atomic E-state index is 13.9. The third-order valence-electron chi connectivity index (χ3n) is 7.27. The number of carbonyl (C=O) groups excluding carboxylic acids is 1. The zero-order valence-corrected chi connectivity index (χ0v) is 23.1. The number of methoxy groups -OCH3 is 1. The van der Waals surface area contributed by atoms with Crippen LogP contribution in [-0.4, -0.2) is 29.9 Å². The zero-order chi connectivity index (χ0) is 28.9. The van der Waals surface area contributed by atoms with E-state index in [1.54, 1.807) is 29.7 Å². The van der Waals surface area contributed by atoms with Crippen molar-refractivity contribution < 1.29 is 27.8 Å². The number of rotatable bonds is 6. The molecule has 1 N–H and O–H groups in total. The van der Waals surface area contributed by atoms with Crippen LogP contribution in [0.2, 0.25) is 0 Å². The van der Waals surface area contributed by atoms with E-state index in [2.05, 4.69) is 10.1 Å². The van der Waals surface area contributed by atoms with Crippen LogP contribution >= 0.6 is 11.3 Å². The fourth-order valence-corrected chi connectivity index (χ4v) is 6.48. The Hall–Kier alpha value is -4.51. The highest BCUT2D eigenvalue weighted by Crippen LogP contribution is 2.47. The van der Waals surface area contributed by atoms with Gasteiger partial charge in [-0.2, -0.15) is 8.78 Å². The SMILES string of the molecule is COc1cc(/C=c2\sc3n(c2=O)[C@H]2c4ccccc4O[C@@](C)(N=3)[C@@H]2C(=O)Nc2ccccc2C)ccc1OC(F)F. The summed E-state index contributed by atoms with van der Waals surface area (Å²) in [6.45, 7) is 0.651. The van der Waals surface area contributed by atoms with Crippen LogP contribution in [0, 0.1) is 12.8 Å². The second kappa shape index (κ2) is 10.2. The number of alkyl halides is 2. The molecule has 3 heterocycles. The molecule has 0 spiro atoms. The Morgan fingerprint density at radius 1 is 1.15 bits per heavy atom. The van der Waals surface area contributed by atoms with E-state index in [1.165, 1.54) is 19.2 Å². The molecule has 0 aliphatic carbocycles. The molecule has 3 atom stereocenters. The Balaban J connectivity index is 1.48. The minimum Gasteiger partial charge on any atom is -0.493 e. The Labute approximate surface area is 237 Å². The molecule has 0 radical (unpaired) electrons. The molecule has 2 aliphatic rings. The van der Waals surface area contributed by atoms with Crippen LogP contribution in [0.25, 0.3) is 6.08 Å². The van der Waals surface area contributed by atoms with Crippen molar-refractivity contribution in [1.82, 2.24) is 4.57 Å². The summed E-state index contributed by atoms with van der Waals surface area (Å²) < 4.78 is 43.5. The third-order valence-corrected chi connectivity index (χ3v) is 8.25. The highest BCUT2D eigenvalue weighted by molar-refractivity contribution is 7.07. The molecule has 2 aliphatic heterocycles. The van der Waals surface area contributed by atoms with Crippen LogP contribution in [0.3, 0.4) is 0 Å². The number of ether oxygens (including phenoxy) is 3. The van der Waals surface area contributed by atoms with Gasteiger partial charge in [0.25, 0.3) is 5.56 Å². The number of halogens is 2. The summed E-state index contributed by atoms with van der Waals surface area (Å²) in [6.07, 6.45) is 1.63. The average molecular weight is 578 g/mol. The Morgan fingerprint density at radius 3 is 2.66 bits per heavy atom. The minimum atomic E-state index is -3.00. The van der Waals surface area contributed by atoms with Crippen molar-refractivity contribution in [2.75, 3.05) is 12.4 Å². The monoisotopic (exact) mass is 577 g/mol. The summed E-state index contributed by atoms with van der Waals surface area (Å²) in [5, 5.41) is 3.01. The van der Waals surface area contributed by atoms with Crippen LogP contribution in [0.1, 0.15) is 29.7 Å². The van der Waals surface area contributed by atoms with Gasteiger partial charge in [0.1, 0.15) is 11.7 Å². The van der Waals surface area contributed by atoms with Crippen molar-refractivity contribution in [2.45, 2.75) is 32.2 Å². The van der Waals surface area contributed by atoms with E-state index >= 15 is 0 Å². The molecular weight excluding hydrogens is 552 g/mol. The summed E-state index contributed by atoms with van der Waals surface area (Å²) in [5.41, 5.74) is 1.19. The molecule has 41 heavy (non-hydrogen) atoms. The van der Waals surface area contributed by atoms with Crippen LogP contribution < -0.4 is 34.4 Å². The van der Waals surface area contributed by atoms with E-state index in [4.69, 9.17) is 14.5 Å². The summed E-state index contributed by atoms with van der Waals surface area (Å²) in [4.78, 5) is 33.1. The molecule has 0 saturated heterocycles. The first-order valence-electron chi connectivity index (χ1n) is 12.8. The standard InChI is InChI=1S/C30H25F2N3O5S/c1-16-8-4-6-10-19(16)33-26(36)24-25-18-9-5-7-11-20(18)40-30(24,2)34-29-35(25)27(37)23(41-29)15-17-12-13-21(39-28(31)32)22(14-17)38-3/h4-15,24-25,28H,1-3H3,(H,33,36)/b23-15-/t24-,25-,30+/m0/s1. The summed E-state index contributed by atoms with van der Waals surface area (Å²) >= 11 is 1.16. The van der Waals surface area contributed by atoms with E-state index in [0.717, 1.165) is 16.9 Å². The first kappa shape index (κ1) is 26.7. The van der Waals surface area contributed by atoms with Gasteiger partial charge in [0.05, 0.1) is 17.7 Å². The lowest BCUT2D eigenvalue weighted by atomic mass is 9.80. The molecule has 2 bridgehead atoms. The molecule has 0 unspecified atom stereocenters. The maximum absolute atomic E-state index is 13.9. The van der Waals surface area contributed by atoms with Crippen LogP contribution in [0.4, 0.5) is 14.5 Å². The molecule has 4 aromatic rings. The van der Waals surface area contributed by atoms with E-state index < -0.39 is 24.3 Å². The number of amides is 1. The Kier molecular flexibility index (Phi) is 6.61. The fourth-order valence-electron chi connectivity index (χ4n) is 5.39. The number of aryl methyl sites for hydroxylation is 1. The summed E-state index contributed by atoms with van der Waals surface area (Å²) in [6, 6.07) is 18.5. The van der Waals surface area contributed by atoms with E-state index in [-0.39, 0.29) is 23.0 Å². The van der Waals surface area contributed by atoms with Gasteiger partial charge in [0.2, 0.25) is 11.6 Å². The van der Waals surface area contributed by atoms with Gasteiger partial charge in [-0.3, -0.25) is 14.2 Å². The van der Waals surface area contributed by atoms with Gasteiger partial charge in [0.15, 0.2) is 16.3 Å². The van der Waals surface area contributed by atoms with Crippen LogP contribution in [-0.2, 0) is 4.79 Å². The van der Waals surface area contributed by atoms with E-state index in [1.807, 2.05) is 49.4 Å². The molecule has 8 nitrogen and oxygen atoms in total. The summed E-state index contributed by atoms with van der Waals surface area (Å²) in [5.74, 6) is -0.634. The van der Waals surface area contributed by atoms with Crippen LogP contribution in [0.5, 0.6) is 17.2 Å². The molecule has 11 heteroatoms. The normalized spacial score (nSPS) is 20.9. The van der Waals surface area contributed by atoms with Crippen molar-refractivity contribution in [2.24, 2.45) is 10.9 Å². The number of hydrogen-bond acceptors (Lipinski definition) is 7. The number of hydrogen-bond donors (Lipinski definition) is 1. The third kappa shape index (κ3) is 4.65. The van der Waals surface area contributed by atoms with E-state index in [9.17, 15) is 18.4 Å². The van der Waals surface area contributed by atoms with Gasteiger partial charge in [-0.25, -0.2) is 4.99 Å². The lowest BCUT2D eigenvalue weighted by Crippen LogP contribution is -2.59. The number of anilines is 1. The molecular formula is C30H25F2N3O5S. The number of thiazole rings is 1. The number of carbonyl (C=O) groups is 1. The molecule has 0 saturated carbocycles.